The van der Waals surface area contributed by atoms with E-state index in [2.05, 4.69) is 0 Å². The van der Waals surface area contributed by atoms with Crippen molar-refractivity contribution < 1.29 is 28.2 Å². The molecule has 0 aliphatic carbocycles. The van der Waals surface area contributed by atoms with Gasteiger partial charge in [-0.2, -0.15) is 0 Å². The van der Waals surface area contributed by atoms with Crippen molar-refractivity contribution in [1.82, 2.24) is 4.57 Å². The van der Waals surface area contributed by atoms with Crippen molar-refractivity contribution in [2.75, 3.05) is 7.11 Å². The average Bonchev–Trinajstić information content (AvgIpc) is 3.55. The number of ketones is 1. The molecule has 7 nitrogen and oxygen atoms in total. The van der Waals surface area contributed by atoms with Gasteiger partial charge in [-0.05, 0) is 55.5 Å². The highest BCUT2D eigenvalue weighted by Crippen LogP contribution is 2.40. The molecule has 0 atom stereocenters. The lowest BCUT2D eigenvalue weighted by Gasteiger charge is -2.09. The molecule has 0 saturated carbocycles. The Labute approximate surface area is 206 Å². The molecule has 5 aromatic rings. The fourth-order valence-corrected chi connectivity index (χ4v) is 4.50. The van der Waals surface area contributed by atoms with Crippen molar-refractivity contribution >= 4 is 39.7 Å². The quantitative estimate of drug-likeness (QED) is 0.177. The minimum absolute atomic E-state index is 0.0973. The fourth-order valence-electron chi connectivity index (χ4n) is 4.50. The molecule has 1 aliphatic rings. The second-order valence-electron chi connectivity index (χ2n) is 8.62. The van der Waals surface area contributed by atoms with Gasteiger partial charge in [0.25, 0.3) is 0 Å². The molecule has 178 valence electrons. The van der Waals surface area contributed by atoms with Gasteiger partial charge < -0.3 is 23.2 Å². The molecule has 0 amide bonds. The molecule has 0 saturated heterocycles. The predicted octanol–water partition coefficient (Wildman–Crippen LogP) is 6.08. The third kappa shape index (κ3) is 3.44. The lowest BCUT2D eigenvalue weighted by atomic mass is 10.1. The Kier molecular flexibility index (Phi) is 4.93. The molecule has 1 aliphatic heterocycles. The predicted molar refractivity (Wildman–Crippen MR) is 135 cm³/mol. The summed E-state index contributed by atoms with van der Waals surface area (Å²) >= 11 is 0. The summed E-state index contributed by atoms with van der Waals surface area (Å²) in [4.78, 5) is 25.9. The second-order valence-corrected chi connectivity index (χ2v) is 8.62. The minimum Gasteiger partial charge on any atom is -0.497 e. The van der Waals surface area contributed by atoms with Crippen LogP contribution in [-0.2, 0) is 7.05 Å². The third-order valence-electron chi connectivity index (χ3n) is 6.38. The van der Waals surface area contributed by atoms with E-state index in [9.17, 15) is 9.59 Å². The maximum atomic E-state index is 13.1. The molecule has 0 fully saturated rings. The first kappa shape index (κ1) is 21.7. The summed E-state index contributed by atoms with van der Waals surface area (Å²) in [5.41, 5.74) is 3.40. The van der Waals surface area contributed by atoms with Crippen LogP contribution in [0, 0.1) is 6.92 Å². The number of methoxy groups -OCH3 is 1. The van der Waals surface area contributed by atoms with Crippen LogP contribution in [-0.4, -0.2) is 23.4 Å². The molecule has 6 rings (SSSR count). The van der Waals surface area contributed by atoms with Gasteiger partial charge in [0.1, 0.15) is 22.8 Å². The standard InChI is InChI=1S/C29H21NO6/c1-16-23(36-29(32)26-12-17-6-4-5-7-24(17)34-26)11-9-20-27(31)25(35-28(16)20)13-18-15-30(2)22-10-8-19(33-3)14-21(18)22/h4-15H,1-3H3/b25-13-. The number of benzene rings is 3. The molecule has 0 N–H and O–H groups in total. The van der Waals surface area contributed by atoms with Crippen LogP contribution >= 0.6 is 0 Å². The Hall–Kier alpha value is -4.78. The molecule has 36 heavy (non-hydrogen) atoms. The monoisotopic (exact) mass is 479 g/mol. The Bertz CT molecular complexity index is 1700. The van der Waals surface area contributed by atoms with Gasteiger partial charge in [-0.15, -0.1) is 0 Å². The molecule has 7 heteroatoms. The van der Waals surface area contributed by atoms with Gasteiger partial charge in [0.05, 0.1) is 12.7 Å². The first-order chi connectivity index (χ1) is 17.4. The summed E-state index contributed by atoms with van der Waals surface area (Å²) in [5.74, 6) is 0.829. The number of furan rings is 1. The zero-order valence-electron chi connectivity index (χ0n) is 19.8. The number of esters is 1. The molecular weight excluding hydrogens is 458 g/mol. The van der Waals surface area contributed by atoms with E-state index in [1.165, 1.54) is 0 Å². The number of carbonyl (C=O) groups excluding carboxylic acids is 2. The highest BCUT2D eigenvalue weighted by Gasteiger charge is 2.31. The number of allylic oxidation sites excluding steroid dienone is 1. The van der Waals surface area contributed by atoms with Crippen LogP contribution in [0.5, 0.6) is 17.2 Å². The van der Waals surface area contributed by atoms with E-state index in [-0.39, 0.29) is 17.3 Å². The maximum absolute atomic E-state index is 13.1. The highest BCUT2D eigenvalue weighted by molar-refractivity contribution is 6.15. The molecular formula is C29H21NO6. The lowest BCUT2D eigenvalue weighted by molar-refractivity contribution is 0.0702. The van der Waals surface area contributed by atoms with Gasteiger partial charge in [-0.3, -0.25) is 4.79 Å². The third-order valence-corrected chi connectivity index (χ3v) is 6.38. The Morgan fingerprint density at radius 3 is 2.69 bits per heavy atom. The Morgan fingerprint density at radius 1 is 1.06 bits per heavy atom. The molecule has 2 aromatic heterocycles. The summed E-state index contributed by atoms with van der Waals surface area (Å²) in [5, 5.41) is 1.75. The van der Waals surface area contributed by atoms with Crippen LogP contribution in [0.3, 0.4) is 0 Å². The fraction of sp³-hybridized carbons (Fsp3) is 0.103. The van der Waals surface area contributed by atoms with Gasteiger partial charge in [0.15, 0.2) is 5.76 Å². The highest BCUT2D eigenvalue weighted by atomic mass is 16.5. The summed E-state index contributed by atoms with van der Waals surface area (Å²) in [7, 11) is 3.56. The zero-order valence-corrected chi connectivity index (χ0v) is 19.8. The van der Waals surface area contributed by atoms with Crippen LogP contribution in [0.1, 0.15) is 32.0 Å². The zero-order chi connectivity index (χ0) is 25.0. The molecule has 3 aromatic carbocycles. The van der Waals surface area contributed by atoms with Crippen LogP contribution in [0.2, 0.25) is 0 Å². The normalized spacial score (nSPS) is 13.9. The van der Waals surface area contributed by atoms with E-state index < -0.39 is 5.97 Å². The summed E-state index contributed by atoms with van der Waals surface area (Å²) < 4.78 is 24.6. The number of hydrogen-bond acceptors (Lipinski definition) is 6. The first-order valence-electron chi connectivity index (χ1n) is 11.3. The van der Waals surface area contributed by atoms with Crippen LogP contribution in [0.25, 0.3) is 27.9 Å². The molecule has 0 radical (unpaired) electrons. The van der Waals surface area contributed by atoms with Gasteiger partial charge in [0, 0.05) is 40.7 Å². The SMILES string of the molecule is COc1ccc2c(c1)c(/C=C1\Oc3c(ccc(OC(=O)c4cc5ccccc5o4)c3C)C1=O)cn2C. The smallest absolute Gasteiger partial charge is 0.379 e. The minimum atomic E-state index is -0.626. The van der Waals surface area contributed by atoms with Crippen molar-refractivity contribution in [3.63, 3.8) is 0 Å². The van der Waals surface area contributed by atoms with E-state index >= 15 is 0 Å². The van der Waals surface area contributed by atoms with Crippen LogP contribution in [0.4, 0.5) is 0 Å². The van der Waals surface area contributed by atoms with E-state index in [0.717, 1.165) is 27.6 Å². The largest absolute Gasteiger partial charge is 0.497 e. The van der Waals surface area contributed by atoms with E-state index in [0.29, 0.717) is 28.2 Å². The number of carbonyl (C=O) groups is 2. The second kappa shape index (κ2) is 8.16. The number of nitrogens with zero attached hydrogens (tertiary/aromatic N) is 1. The van der Waals surface area contributed by atoms with Gasteiger partial charge in [-0.1, -0.05) is 18.2 Å². The lowest BCUT2D eigenvalue weighted by Crippen LogP contribution is -2.08. The number of hydrogen-bond donors (Lipinski definition) is 0. The number of Topliss-reactive ketones (excluding diaryl/α,β-unsaturated/α-hetero) is 1. The van der Waals surface area contributed by atoms with Gasteiger partial charge in [-0.25, -0.2) is 4.79 Å². The summed E-state index contributed by atoms with van der Waals surface area (Å²) in [6.45, 7) is 1.75. The number of para-hydroxylation sites is 1. The topological polar surface area (TPSA) is 79.9 Å². The van der Waals surface area contributed by atoms with Crippen LogP contribution < -0.4 is 14.2 Å². The molecule has 0 spiro atoms. The maximum Gasteiger partial charge on any atom is 0.379 e. The van der Waals surface area contributed by atoms with Crippen molar-refractivity contribution in [3.05, 3.63) is 95.1 Å². The number of ether oxygens (including phenoxy) is 3. The number of rotatable bonds is 4. The van der Waals surface area contributed by atoms with Crippen molar-refractivity contribution in [2.45, 2.75) is 6.92 Å². The van der Waals surface area contributed by atoms with E-state index in [1.807, 2.05) is 54.2 Å². The van der Waals surface area contributed by atoms with Gasteiger partial charge in [0.2, 0.25) is 11.5 Å². The first-order valence-corrected chi connectivity index (χ1v) is 11.3. The Morgan fingerprint density at radius 2 is 1.89 bits per heavy atom. The average molecular weight is 479 g/mol. The molecule has 0 unspecified atom stereocenters. The number of aromatic nitrogens is 1. The molecule has 3 heterocycles. The summed E-state index contributed by atoms with van der Waals surface area (Å²) in [6.07, 6.45) is 3.66. The van der Waals surface area contributed by atoms with Gasteiger partial charge >= 0.3 is 5.97 Å². The molecule has 0 bridgehead atoms. The van der Waals surface area contributed by atoms with Crippen molar-refractivity contribution in [2.24, 2.45) is 7.05 Å². The van der Waals surface area contributed by atoms with Crippen molar-refractivity contribution in [1.29, 1.82) is 0 Å². The Balaban J connectivity index is 1.31. The van der Waals surface area contributed by atoms with Crippen molar-refractivity contribution in [3.8, 4) is 17.2 Å². The van der Waals surface area contributed by atoms with E-state index in [1.54, 1.807) is 44.4 Å². The number of aryl methyl sites for hydroxylation is 1. The van der Waals surface area contributed by atoms with E-state index in [4.69, 9.17) is 18.6 Å². The number of fused-ring (bicyclic) bond motifs is 3. The summed E-state index contributed by atoms with van der Waals surface area (Å²) in [6, 6.07) is 18.0. The van der Waals surface area contributed by atoms with Crippen LogP contribution in [0.15, 0.2) is 77.0 Å².